The van der Waals surface area contributed by atoms with E-state index in [4.69, 9.17) is 23.2 Å². The fourth-order valence-corrected chi connectivity index (χ4v) is 6.43. The van der Waals surface area contributed by atoms with Crippen LogP contribution < -0.4 is 9.62 Å². The Bertz CT molecular complexity index is 1660. The number of nitrogens with zero attached hydrogens (tertiary/aromatic N) is 2. The van der Waals surface area contributed by atoms with Gasteiger partial charge in [-0.25, -0.2) is 8.42 Å². The van der Waals surface area contributed by atoms with Gasteiger partial charge in [-0.05, 0) is 60.9 Å². The molecule has 0 spiro atoms. The number of carbonyl (C=O) groups is 2. The first-order valence-electron chi connectivity index (χ1n) is 14.3. The molecule has 0 bridgehead atoms. The summed E-state index contributed by atoms with van der Waals surface area (Å²) in [6.45, 7) is 3.31. The third kappa shape index (κ3) is 8.40. The molecule has 230 valence electrons. The zero-order valence-corrected chi connectivity index (χ0v) is 26.9. The van der Waals surface area contributed by atoms with Crippen LogP contribution in [-0.2, 0) is 32.6 Å². The molecule has 44 heavy (non-hydrogen) atoms. The van der Waals surface area contributed by atoms with Gasteiger partial charge in [-0.3, -0.25) is 13.9 Å². The SMILES string of the molecule is CC[C@@H](C)NC(=O)[C@@H](Cc1ccccc1)N(Cc1ccc(Cl)c(Cl)c1)C(=O)CN(c1ccccc1)S(=O)(=O)c1ccccc1. The van der Waals surface area contributed by atoms with Crippen molar-refractivity contribution in [1.82, 2.24) is 10.2 Å². The van der Waals surface area contributed by atoms with Crippen LogP contribution in [0.25, 0.3) is 0 Å². The lowest BCUT2D eigenvalue weighted by Gasteiger charge is -2.34. The quantitative estimate of drug-likeness (QED) is 0.173. The van der Waals surface area contributed by atoms with Gasteiger partial charge in [0.15, 0.2) is 0 Å². The van der Waals surface area contributed by atoms with Gasteiger partial charge in [-0.2, -0.15) is 0 Å². The smallest absolute Gasteiger partial charge is 0.264 e. The van der Waals surface area contributed by atoms with Crippen molar-refractivity contribution in [3.05, 3.63) is 130 Å². The molecule has 0 aliphatic rings. The molecule has 1 N–H and O–H groups in total. The van der Waals surface area contributed by atoms with Crippen molar-refractivity contribution in [2.75, 3.05) is 10.8 Å². The number of halogens is 2. The number of nitrogens with one attached hydrogen (secondary N) is 1. The van der Waals surface area contributed by atoms with Crippen LogP contribution in [0.4, 0.5) is 5.69 Å². The highest BCUT2D eigenvalue weighted by Crippen LogP contribution is 2.27. The van der Waals surface area contributed by atoms with Crippen molar-refractivity contribution < 1.29 is 18.0 Å². The standard InChI is InChI=1S/C34H35Cl2N3O4S/c1-3-25(2)37-34(41)32(22-26-13-7-4-8-14-26)38(23-27-19-20-30(35)31(36)21-27)33(40)24-39(28-15-9-5-10-16-28)44(42,43)29-17-11-6-12-18-29/h4-21,25,32H,3,22-24H2,1-2H3,(H,37,41)/t25-,32-/m1/s1. The first-order chi connectivity index (χ1) is 21.1. The van der Waals surface area contributed by atoms with E-state index in [1.54, 1.807) is 66.7 Å². The molecule has 0 heterocycles. The van der Waals surface area contributed by atoms with Gasteiger partial charge in [0.25, 0.3) is 10.0 Å². The van der Waals surface area contributed by atoms with Crippen LogP contribution in [0.3, 0.4) is 0 Å². The van der Waals surface area contributed by atoms with E-state index in [1.807, 2.05) is 44.2 Å². The predicted octanol–water partition coefficient (Wildman–Crippen LogP) is 6.74. The van der Waals surface area contributed by atoms with Crippen LogP contribution in [0.15, 0.2) is 114 Å². The largest absolute Gasteiger partial charge is 0.352 e. The van der Waals surface area contributed by atoms with Crippen LogP contribution in [0, 0.1) is 0 Å². The van der Waals surface area contributed by atoms with Crippen LogP contribution in [0.2, 0.25) is 10.0 Å². The second kappa shape index (κ2) is 15.2. The van der Waals surface area contributed by atoms with Crippen molar-refractivity contribution in [3.8, 4) is 0 Å². The summed E-state index contributed by atoms with van der Waals surface area (Å²) in [5.41, 5.74) is 1.81. The van der Waals surface area contributed by atoms with Gasteiger partial charge in [-0.1, -0.05) is 103 Å². The second-order valence-electron chi connectivity index (χ2n) is 10.5. The first kappa shape index (κ1) is 33.1. The maximum atomic E-state index is 14.4. The van der Waals surface area contributed by atoms with Crippen LogP contribution in [0.5, 0.6) is 0 Å². The Morgan fingerprint density at radius 1 is 0.795 bits per heavy atom. The molecular weight excluding hydrogens is 617 g/mol. The van der Waals surface area contributed by atoms with Crippen molar-refractivity contribution >= 4 is 50.7 Å². The summed E-state index contributed by atoms with van der Waals surface area (Å²) in [5.74, 6) is -0.895. The van der Waals surface area contributed by atoms with Gasteiger partial charge in [0.2, 0.25) is 11.8 Å². The van der Waals surface area contributed by atoms with Gasteiger partial charge in [0, 0.05) is 19.0 Å². The van der Waals surface area contributed by atoms with E-state index in [0.717, 1.165) is 9.87 Å². The Balaban J connectivity index is 1.80. The maximum absolute atomic E-state index is 14.4. The molecular formula is C34H35Cl2N3O4S. The summed E-state index contributed by atoms with van der Waals surface area (Å²) in [7, 11) is -4.15. The van der Waals surface area contributed by atoms with Crippen molar-refractivity contribution in [2.24, 2.45) is 0 Å². The molecule has 7 nitrogen and oxygen atoms in total. The molecule has 4 rings (SSSR count). The topological polar surface area (TPSA) is 86.8 Å². The van der Waals surface area contributed by atoms with E-state index in [1.165, 1.54) is 17.0 Å². The molecule has 0 aliphatic carbocycles. The van der Waals surface area contributed by atoms with Crippen molar-refractivity contribution in [3.63, 3.8) is 0 Å². The van der Waals surface area contributed by atoms with E-state index in [9.17, 15) is 18.0 Å². The van der Waals surface area contributed by atoms with E-state index in [-0.39, 0.29) is 29.8 Å². The molecule has 0 saturated carbocycles. The molecule has 0 aliphatic heterocycles. The number of amides is 2. The zero-order chi connectivity index (χ0) is 31.7. The number of para-hydroxylation sites is 1. The van der Waals surface area contributed by atoms with E-state index in [2.05, 4.69) is 5.32 Å². The highest BCUT2D eigenvalue weighted by molar-refractivity contribution is 7.92. The van der Waals surface area contributed by atoms with Gasteiger partial charge < -0.3 is 10.2 Å². The molecule has 4 aromatic rings. The third-order valence-electron chi connectivity index (χ3n) is 7.26. The Hall–Kier alpha value is -3.85. The number of carbonyl (C=O) groups excluding carboxylic acids is 2. The number of rotatable bonds is 13. The predicted molar refractivity (Wildman–Crippen MR) is 176 cm³/mol. The molecule has 2 amide bonds. The van der Waals surface area contributed by atoms with Crippen LogP contribution in [0.1, 0.15) is 31.4 Å². The Morgan fingerprint density at radius 3 is 1.98 bits per heavy atom. The minimum absolute atomic E-state index is 0.00480. The highest BCUT2D eigenvalue weighted by Gasteiger charge is 2.35. The van der Waals surface area contributed by atoms with E-state index < -0.39 is 28.5 Å². The lowest BCUT2D eigenvalue weighted by atomic mass is 10.0. The van der Waals surface area contributed by atoms with Gasteiger partial charge in [0.05, 0.1) is 20.6 Å². The fourth-order valence-electron chi connectivity index (χ4n) is 4.67. The number of hydrogen-bond donors (Lipinski definition) is 1. The average Bonchev–Trinajstić information content (AvgIpc) is 3.04. The zero-order valence-electron chi connectivity index (χ0n) is 24.6. The Labute approximate surface area is 269 Å². The number of anilines is 1. The molecule has 0 radical (unpaired) electrons. The van der Waals surface area contributed by atoms with Crippen LogP contribution in [-0.4, -0.2) is 43.8 Å². The lowest BCUT2D eigenvalue weighted by Crippen LogP contribution is -2.54. The Kier molecular flexibility index (Phi) is 11.4. The lowest BCUT2D eigenvalue weighted by molar-refractivity contribution is -0.140. The average molecular weight is 653 g/mol. The molecule has 4 aromatic carbocycles. The van der Waals surface area contributed by atoms with Crippen LogP contribution >= 0.6 is 23.2 Å². The molecule has 0 fully saturated rings. The number of hydrogen-bond acceptors (Lipinski definition) is 4. The van der Waals surface area contributed by atoms with Gasteiger partial charge in [-0.15, -0.1) is 0 Å². The monoisotopic (exact) mass is 651 g/mol. The van der Waals surface area contributed by atoms with Crippen molar-refractivity contribution in [1.29, 1.82) is 0 Å². The van der Waals surface area contributed by atoms with E-state index >= 15 is 0 Å². The minimum atomic E-state index is -4.15. The number of benzene rings is 4. The third-order valence-corrected chi connectivity index (χ3v) is 9.79. The maximum Gasteiger partial charge on any atom is 0.264 e. The molecule has 0 unspecified atom stereocenters. The summed E-state index contributed by atoms with van der Waals surface area (Å²) >= 11 is 12.5. The summed E-state index contributed by atoms with van der Waals surface area (Å²) in [6, 6.07) is 29.7. The van der Waals surface area contributed by atoms with Gasteiger partial charge in [0.1, 0.15) is 12.6 Å². The van der Waals surface area contributed by atoms with Crippen molar-refractivity contribution in [2.45, 2.75) is 50.2 Å². The number of sulfonamides is 1. The summed E-state index contributed by atoms with van der Waals surface area (Å²) in [4.78, 5) is 29.8. The molecule has 0 saturated heterocycles. The summed E-state index contributed by atoms with van der Waals surface area (Å²) in [5, 5.41) is 3.68. The normalized spacial score (nSPS) is 12.6. The molecule has 10 heteroatoms. The second-order valence-corrected chi connectivity index (χ2v) is 13.1. The molecule has 2 atom stereocenters. The molecule has 0 aromatic heterocycles. The first-order valence-corrected chi connectivity index (χ1v) is 16.5. The minimum Gasteiger partial charge on any atom is -0.352 e. The van der Waals surface area contributed by atoms with E-state index in [0.29, 0.717) is 27.7 Å². The fraction of sp³-hybridized carbons (Fsp3) is 0.235. The Morgan fingerprint density at radius 2 is 1.39 bits per heavy atom. The highest BCUT2D eigenvalue weighted by atomic mass is 35.5. The summed E-state index contributed by atoms with van der Waals surface area (Å²) < 4.78 is 29.0. The van der Waals surface area contributed by atoms with Gasteiger partial charge >= 0.3 is 0 Å². The summed E-state index contributed by atoms with van der Waals surface area (Å²) in [6.07, 6.45) is 0.911.